The van der Waals surface area contributed by atoms with Crippen molar-refractivity contribution in [1.29, 1.82) is 0 Å². The fourth-order valence-electron chi connectivity index (χ4n) is 5.15. The molecular weight excluding hydrogens is 282 g/mol. The number of fused-ring (bicyclic) bond motifs is 2. The Morgan fingerprint density at radius 2 is 1.70 bits per heavy atom. The minimum Gasteiger partial charge on any atom is -0.326 e. The van der Waals surface area contributed by atoms with Gasteiger partial charge in [-0.15, -0.1) is 0 Å². The van der Waals surface area contributed by atoms with Crippen LogP contribution in [0, 0.1) is 0 Å². The van der Waals surface area contributed by atoms with Crippen LogP contribution < -0.4 is 11.1 Å². The molecule has 3 heteroatoms. The lowest BCUT2D eigenvalue weighted by molar-refractivity contribution is 0.0905. The summed E-state index contributed by atoms with van der Waals surface area (Å²) in [5, 5.41) is 3.98. The van der Waals surface area contributed by atoms with E-state index in [0.29, 0.717) is 24.2 Å². The molecule has 3 nitrogen and oxygen atoms in total. The Kier molecular flexibility index (Phi) is 4.70. The van der Waals surface area contributed by atoms with E-state index in [1.165, 1.54) is 56.9 Å². The molecule has 4 rings (SSSR count). The number of nitrogens with zero attached hydrogens (tertiary/aromatic N) is 1. The van der Waals surface area contributed by atoms with Gasteiger partial charge in [-0.05, 0) is 44.1 Å². The molecule has 0 amide bonds. The largest absolute Gasteiger partial charge is 0.326 e. The second kappa shape index (κ2) is 6.92. The molecule has 3 N–H and O–H groups in total. The molecule has 2 heterocycles. The van der Waals surface area contributed by atoms with E-state index in [1.54, 1.807) is 0 Å². The lowest BCUT2D eigenvalue weighted by Gasteiger charge is -2.43. The van der Waals surface area contributed by atoms with Crippen LogP contribution in [-0.4, -0.2) is 35.1 Å². The molecule has 126 valence electrons. The zero-order chi connectivity index (χ0) is 15.6. The number of hydrogen-bond donors (Lipinski definition) is 2. The Morgan fingerprint density at radius 3 is 2.52 bits per heavy atom. The number of piperidine rings is 1. The maximum atomic E-state index is 6.38. The lowest BCUT2D eigenvalue weighted by atomic mass is 9.88. The van der Waals surface area contributed by atoms with Gasteiger partial charge in [-0.1, -0.05) is 43.2 Å². The van der Waals surface area contributed by atoms with Crippen molar-refractivity contribution in [3.63, 3.8) is 0 Å². The van der Waals surface area contributed by atoms with E-state index in [1.807, 2.05) is 0 Å². The fraction of sp³-hybridized carbons (Fsp3) is 0.700. The van der Waals surface area contributed by atoms with Gasteiger partial charge >= 0.3 is 0 Å². The van der Waals surface area contributed by atoms with Gasteiger partial charge < -0.3 is 11.1 Å². The molecule has 2 bridgehead atoms. The Bertz CT molecular complexity index is 503. The van der Waals surface area contributed by atoms with E-state index >= 15 is 0 Å². The van der Waals surface area contributed by atoms with Crippen LogP contribution in [0.1, 0.15) is 56.9 Å². The van der Waals surface area contributed by atoms with Crippen molar-refractivity contribution in [3.8, 4) is 0 Å². The maximum absolute atomic E-state index is 6.38. The molecular formula is C20H31N3. The summed E-state index contributed by atoms with van der Waals surface area (Å²) >= 11 is 0. The van der Waals surface area contributed by atoms with Crippen molar-refractivity contribution in [1.82, 2.24) is 10.2 Å². The minimum atomic E-state index is 0.366. The first-order chi connectivity index (χ1) is 11.3. The van der Waals surface area contributed by atoms with Gasteiger partial charge in [0.15, 0.2) is 0 Å². The number of rotatable bonds is 4. The molecule has 2 aliphatic heterocycles. The van der Waals surface area contributed by atoms with Crippen molar-refractivity contribution in [2.45, 2.75) is 88.1 Å². The van der Waals surface area contributed by atoms with Crippen LogP contribution in [0.4, 0.5) is 0 Å². The molecule has 5 atom stereocenters. The van der Waals surface area contributed by atoms with Crippen LogP contribution in [0.2, 0.25) is 0 Å². The molecule has 1 saturated carbocycles. The van der Waals surface area contributed by atoms with Crippen molar-refractivity contribution in [2.24, 2.45) is 5.73 Å². The lowest BCUT2D eigenvalue weighted by Crippen LogP contribution is -2.58. The summed E-state index contributed by atoms with van der Waals surface area (Å²) in [7, 11) is 0. The van der Waals surface area contributed by atoms with E-state index < -0.39 is 0 Å². The first-order valence-corrected chi connectivity index (χ1v) is 9.62. The summed E-state index contributed by atoms with van der Waals surface area (Å²) in [5.41, 5.74) is 7.83. The van der Waals surface area contributed by atoms with Crippen molar-refractivity contribution < 1.29 is 0 Å². The van der Waals surface area contributed by atoms with Gasteiger partial charge in [0.2, 0.25) is 0 Å². The number of nitrogens with two attached hydrogens (primary N) is 1. The van der Waals surface area contributed by atoms with Crippen LogP contribution in [0.25, 0.3) is 0 Å². The Morgan fingerprint density at radius 1 is 0.913 bits per heavy atom. The molecule has 2 unspecified atom stereocenters. The first-order valence-electron chi connectivity index (χ1n) is 9.62. The van der Waals surface area contributed by atoms with Gasteiger partial charge in [-0.3, -0.25) is 4.90 Å². The smallest absolute Gasteiger partial charge is 0.0256 e. The fourth-order valence-corrected chi connectivity index (χ4v) is 5.15. The van der Waals surface area contributed by atoms with E-state index in [-0.39, 0.29) is 0 Å². The van der Waals surface area contributed by atoms with Gasteiger partial charge in [0, 0.05) is 36.8 Å². The third-order valence-electron chi connectivity index (χ3n) is 6.42. The average molecular weight is 313 g/mol. The summed E-state index contributed by atoms with van der Waals surface area (Å²) in [6, 6.07) is 14.1. The second-order valence-electron chi connectivity index (χ2n) is 7.86. The zero-order valence-electron chi connectivity index (χ0n) is 14.2. The third-order valence-corrected chi connectivity index (χ3v) is 6.42. The zero-order valence-corrected chi connectivity index (χ0v) is 14.2. The molecule has 1 aliphatic carbocycles. The highest BCUT2D eigenvalue weighted by Gasteiger charge is 2.43. The second-order valence-corrected chi connectivity index (χ2v) is 7.86. The number of benzene rings is 1. The van der Waals surface area contributed by atoms with E-state index in [4.69, 9.17) is 5.73 Å². The minimum absolute atomic E-state index is 0.366. The van der Waals surface area contributed by atoms with Crippen molar-refractivity contribution >= 4 is 0 Å². The van der Waals surface area contributed by atoms with Gasteiger partial charge in [-0.2, -0.15) is 0 Å². The maximum Gasteiger partial charge on any atom is 0.0256 e. The topological polar surface area (TPSA) is 41.3 Å². The predicted molar refractivity (Wildman–Crippen MR) is 95.2 cm³/mol. The number of hydrogen-bond acceptors (Lipinski definition) is 3. The number of nitrogens with one attached hydrogen (secondary N) is 1. The molecule has 0 spiro atoms. The molecule has 2 saturated heterocycles. The average Bonchev–Trinajstić information content (AvgIpc) is 2.84. The highest BCUT2D eigenvalue weighted by Crippen LogP contribution is 2.37. The molecule has 0 radical (unpaired) electrons. The van der Waals surface area contributed by atoms with E-state index in [2.05, 4.69) is 40.5 Å². The van der Waals surface area contributed by atoms with Crippen LogP contribution in [0.5, 0.6) is 0 Å². The summed E-state index contributed by atoms with van der Waals surface area (Å²) in [5.74, 6) is 0. The normalized spacial score (nSPS) is 37.9. The van der Waals surface area contributed by atoms with Crippen LogP contribution in [-0.2, 0) is 6.54 Å². The summed E-state index contributed by atoms with van der Waals surface area (Å²) in [6.45, 7) is 1.12. The van der Waals surface area contributed by atoms with Gasteiger partial charge in [0.05, 0.1) is 0 Å². The van der Waals surface area contributed by atoms with Crippen LogP contribution in [0.15, 0.2) is 30.3 Å². The van der Waals surface area contributed by atoms with Crippen LogP contribution in [0.3, 0.4) is 0 Å². The first kappa shape index (κ1) is 15.6. The Balaban J connectivity index is 1.43. The quantitative estimate of drug-likeness (QED) is 0.898. The Labute approximate surface area is 140 Å². The molecule has 1 aromatic carbocycles. The molecule has 23 heavy (non-hydrogen) atoms. The SMILES string of the molecule is N[C@@H]1CCCC[C@H]1NC1CC[C@@H]2CCC1N2Cc1ccccc1. The Hall–Kier alpha value is -0.900. The third kappa shape index (κ3) is 3.33. The van der Waals surface area contributed by atoms with Crippen molar-refractivity contribution in [3.05, 3.63) is 35.9 Å². The van der Waals surface area contributed by atoms with Gasteiger partial charge in [0.1, 0.15) is 0 Å². The summed E-state index contributed by atoms with van der Waals surface area (Å²) in [4.78, 5) is 2.78. The predicted octanol–water partition coefficient (Wildman–Crippen LogP) is 3.04. The molecule has 3 aliphatic rings. The van der Waals surface area contributed by atoms with E-state index in [9.17, 15) is 0 Å². The highest BCUT2D eigenvalue weighted by atomic mass is 15.3. The monoisotopic (exact) mass is 313 g/mol. The molecule has 3 fully saturated rings. The van der Waals surface area contributed by atoms with Crippen molar-refractivity contribution in [2.75, 3.05) is 0 Å². The standard InChI is InChI=1S/C20H31N3/c21-17-8-4-5-9-18(17)22-19-12-10-16-11-13-20(19)23(16)14-15-6-2-1-3-7-15/h1-3,6-7,16-20,22H,4-5,8-14,21H2/t16-,17-,18-,19?,20?/m1/s1. The van der Waals surface area contributed by atoms with Gasteiger partial charge in [-0.25, -0.2) is 0 Å². The summed E-state index contributed by atoms with van der Waals surface area (Å²) < 4.78 is 0. The van der Waals surface area contributed by atoms with E-state index in [0.717, 1.165) is 12.6 Å². The highest BCUT2D eigenvalue weighted by molar-refractivity contribution is 5.16. The summed E-state index contributed by atoms with van der Waals surface area (Å²) in [6.07, 6.45) is 10.6. The van der Waals surface area contributed by atoms with Gasteiger partial charge in [0.25, 0.3) is 0 Å². The van der Waals surface area contributed by atoms with Crippen LogP contribution >= 0.6 is 0 Å². The molecule has 0 aromatic heterocycles. The molecule has 1 aromatic rings.